The lowest BCUT2D eigenvalue weighted by Gasteiger charge is -2.24. The van der Waals surface area contributed by atoms with Crippen molar-refractivity contribution < 1.29 is 9.84 Å². The van der Waals surface area contributed by atoms with E-state index in [1.54, 1.807) is 18.0 Å². The molecule has 2 saturated carbocycles. The van der Waals surface area contributed by atoms with Crippen LogP contribution in [-0.4, -0.2) is 22.0 Å². The second-order valence-electron chi connectivity index (χ2n) is 5.91. The molecule has 2 bridgehead atoms. The lowest BCUT2D eigenvalue weighted by molar-refractivity contribution is 0.115. The molecule has 4 nitrogen and oxygen atoms in total. The van der Waals surface area contributed by atoms with Crippen molar-refractivity contribution in [1.82, 2.24) is 9.78 Å². The molecule has 4 unspecified atom stereocenters. The zero-order valence-electron chi connectivity index (χ0n) is 11.2. The highest BCUT2D eigenvalue weighted by atomic mass is 16.5. The molecule has 3 rings (SSSR count). The van der Waals surface area contributed by atoms with Crippen molar-refractivity contribution in [2.45, 2.75) is 38.2 Å². The molecule has 4 atom stereocenters. The van der Waals surface area contributed by atoms with Crippen LogP contribution in [0.5, 0.6) is 5.75 Å². The number of nitrogens with zero attached hydrogens (tertiary/aromatic N) is 2. The first-order chi connectivity index (χ1) is 8.69. The van der Waals surface area contributed by atoms with Crippen LogP contribution < -0.4 is 4.74 Å². The van der Waals surface area contributed by atoms with Gasteiger partial charge in [-0.25, -0.2) is 0 Å². The van der Waals surface area contributed by atoms with Crippen molar-refractivity contribution >= 4 is 0 Å². The van der Waals surface area contributed by atoms with E-state index in [1.807, 2.05) is 7.05 Å². The highest BCUT2D eigenvalue weighted by Crippen LogP contribution is 2.51. The van der Waals surface area contributed by atoms with E-state index in [2.05, 4.69) is 5.10 Å². The van der Waals surface area contributed by atoms with Gasteiger partial charge in [-0.05, 0) is 43.4 Å². The van der Waals surface area contributed by atoms with E-state index in [1.165, 1.54) is 25.7 Å². The van der Waals surface area contributed by atoms with E-state index >= 15 is 0 Å². The highest BCUT2D eigenvalue weighted by Gasteiger charge is 2.40. The summed E-state index contributed by atoms with van der Waals surface area (Å²) in [5, 5.41) is 14.6. The van der Waals surface area contributed by atoms with Crippen LogP contribution in [0.4, 0.5) is 0 Å². The van der Waals surface area contributed by atoms with Gasteiger partial charge in [0.1, 0.15) is 5.69 Å². The van der Waals surface area contributed by atoms with E-state index in [4.69, 9.17) is 4.74 Å². The number of aliphatic hydroxyl groups is 1. The number of aliphatic hydroxyl groups excluding tert-OH is 1. The second-order valence-corrected chi connectivity index (χ2v) is 5.91. The molecule has 2 fully saturated rings. The van der Waals surface area contributed by atoms with Gasteiger partial charge < -0.3 is 9.84 Å². The number of methoxy groups -OCH3 is 1. The fourth-order valence-electron chi connectivity index (χ4n) is 4.03. The van der Waals surface area contributed by atoms with Gasteiger partial charge in [-0.1, -0.05) is 6.42 Å². The van der Waals surface area contributed by atoms with E-state index < -0.39 is 6.10 Å². The minimum absolute atomic E-state index is 0.447. The zero-order valence-corrected chi connectivity index (χ0v) is 11.2. The van der Waals surface area contributed by atoms with E-state index in [0.717, 1.165) is 24.0 Å². The Morgan fingerprint density at radius 2 is 2.33 bits per heavy atom. The van der Waals surface area contributed by atoms with Gasteiger partial charge in [-0.3, -0.25) is 4.68 Å². The molecule has 0 amide bonds. The van der Waals surface area contributed by atoms with Crippen LogP contribution >= 0.6 is 0 Å². The van der Waals surface area contributed by atoms with Crippen LogP contribution in [0.2, 0.25) is 0 Å². The Balaban J connectivity index is 1.71. The number of ether oxygens (including phenoxy) is 1. The molecule has 0 aliphatic heterocycles. The molecule has 1 N–H and O–H groups in total. The Labute approximate surface area is 108 Å². The van der Waals surface area contributed by atoms with Crippen molar-refractivity contribution in [3.63, 3.8) is 0 Å². The van der Waals surface area contributed by atoms with Gasteiger partial charge in [-0.15, -0.1) is 0 Å². The van der Waals surface area contributed by atoms with Gasteiger partial charge in [0.05, 0.1) is 19.4 Å². The van der Waals surface area contributed by atoms with Crippen molar-refractivity contribution in [3.05, 3.63) is 11.9 Å². The van der Waals surface area contributed by atoms with Gasteiger partial charge >= 0.3 is 0 Å². The van der Waals surface area contributed by atoms with Crippen LogP contribution in [0.1, 0.15) is 43.9 Å². The topological polar surface area (TPSA) is 47.3 Å². The number of aromatic nitrogens is 2. The summed E-state index contributed by atoms with van der Waals surface area (Å²) in [5.41, 5.74) is 0.820. The first kappa shape index (κ1) is 12.0. The molecule has 0 radical (unpaired) electrons. The van der Waals surface area contributed by atoms with Crippen molar-refractivity contribution in [3.8, 4) is 5.75 Å². The maximum Gasteiger partial charge on any atom is 0.162 e. The van der Waals surface area contributed by atoms with E-state index in [-0.39, 0.29) is 0 Å². The molecule has 0 spiro atoms. The number of hydrogen-bond acceptors (Lipinski definition) is 3. The van der Waals surface area contributed by atoms with Gasteiger partial charge in [0.25, 0.3) is 0 Å². The average molecular weight is 250 g/mol. The molecule has 18 heavy (non-hydrogen) atoms. The molecule has 4 heteroatoms. The zero-order chi connectivity index (χ0) is 12.7. The van der Waals surface area contributed by atoms with Gasteiger partial charge in [0.15, 0.2) is 5.75 Å². The lowest BCUT2D eigenvalue weighted by Crippen LogP contribution is -2.16. The van der Waals surface area contributed by atoms with E-state index in [9.17, 15) is 5.11 Å². The number of fused-ring (bicyclic) bond motifs is 2. The maximum absolute atomic E-state index is 10.4. The summed E-state index contributed by atoms with van der Waals surface area (Å²) in [6, 6.07) is 0. The SMILES string of the molecule is COc1cnn(C)c1C(O)CC1CC2CCC1C2. The Morgan fingerprint density at radius 3 is 2.94 bits per heavy atom. The van der Waals surface area contributed by atoms with Crippen molar-refractivity contribution in [2.75, 3.05) is 7.11 Å². The molecule has 2 aliphatic rings. The molecule has 0 aromatic carbocycles. The summed E-state index contributed by atoms with van der Waals surface area (Å²) in [5.74, 6) is 3.18. The molecule has 2 aliphatic carbocycles. The van der Waals surface area contributed by atoms with E-state index in [0.29, 0.717) is 11.7 Å². The van der Waals surface area contributed by atoms with Crippen LogP contribution in [0.25, 0.3) is 0 Å². The largest absolute Gasteiger partial charge is 0.493 e. The fraction of sp³-hybridized carbons (Fsp3) is 0.786. The minimum Gasteiger partial charge on any atom is -0.493 e. The molecule has 0 saturated heterocycles. The third-order valence-electron chi connectivity index (χ3n) is 4.90. The second kappa shape index (κ2) is 4.57. The number of hydrogen-bond donors (Lipinski definition) is 1. The third-order valence-corrected chi connectivity index (χ3v) is 4.90. The third kappa shape index (κ3) is 1.92. The Bertz CT molecular complexity index is 429. The Kier molecular flexibility index (Phi) is 3.06. The molecular formula is C14H22N2O2. The van der Waals surface area contributed by atoms with Gasteiger partial charge in [0.2, 0.25) is 0 Å². The summed E-state index contributed by atoms with van der Waals surface area (Å²) in [6.45, 7) is 0. The normalized spacial score (nSPS) is 31.8. The standard InChI is InChI=1S/C14H22N2O2/c1-16-14(13(18-2)8-15-16)12(17)7-11-6-9-3-4-10(11)5-9/h8-12,17H,3-7H2,1-2H3. The summed E-state index contributed by atoms with van der Waals surface area (Å²) >= 11 is 0. The maximum atomic E-state index is 10.4. The summed E-state index contributed by atoms with van der Waals surface area (Å²) in [7, 11) is 3.49. The first-order valence-electron chi connectivity index (χ1n) is 6.93. The predicted octanol–water partition coefficient (Wildman–Crippen LogP) is 2.29. The average Bonchev–Trinajstić information content (AvgIpc) is 3.03. The molecular weight excluding hydrogens is 228 g/mol. The van der Waals surface area contributed by atoms with Crippen LogP contribution in [0, 0.1) is 17.8 Å². The Hall–Kier alpha value is -1.03. The highest BCUT2D eigenvalue weighted by molar-refractivity contribution is 5.27. The quantitative estimate of drug-likeness (QED) is 0.892. The minimum atomic E-state index is -0.447. The monoisotopic (exact) mass is 250 g/mol. The predicted molar refractivity (Wildman–Crippen MR) is 68.3 cm³/mol. The summed E-state index contributed by atoms with van der Waals surface area (Å²) in [4.78, 5) is 0. The van der Waals surface area contributed by atoms with Gasteiger partial charge in [-0.2, -0.15) is 5.10 Å². The smallest absolute Gasteiger partial charge is 0.162 e. The first-order valence-corrected chi connectivity index (χ1v) is 6.93. The van der Waals surface area contributed by atoms with Crippen LogP contribution in [0.15, 0.2) is 6.20 Å². The molecule has 100 valence electrons. The van der Waals surface area contributed by atoms with Crippen LogP contribution in [0.3, 0.4) is 0 Å². The van der Waals surface area contributed by atoms with Crippen molar-refractivity contribution in [1.29, 1.82) is 0 Å². The summed E-state index contributed by atoms with van der Waals surface area (Å²) < 4.78 is 7.00. The molecule has 1 heterocycles. The molecule has 1 aromatic heterocycles. The van der Waals surface area contributed by atoms with Crippen molar-refractivity contribution in [2.24, 2.45) is 24.8 Å². The fourth-order valence-corrected chi connectivity index (χ4v) is 4.03. The number of aryl methyl sites for hydroxylation is 1. The number of rotatable bonds is 4. The van der Waals surface area contributed by atoms with Gasteiger partial charge in [0, 0.05) is 7.05 Å². The molecule has 1 aromatic rings. The summed E-state index contributed by atoms with van der Waals surface area (Å²) in [6.07, 6.45) is 7.56. The lowest BCUT2D eigenvalue weighted by atomic mass is 9.84. The Morgan fingerprint density at radius 1 is 1.50 bits per heavy atom. The van der Waals surface area contributed by atoms with Crippen LogP contribution in [-0.2, 0) is 7.05 Å².